The quantitative estimate of drug-likeness (QED) is 0.637. The maximum absolute atomic E-state index is 11.7. The van der Waals surface area contributed by atoms with Crippen molar-refractivity contribution >= 4 is 33.5 Å². The van der Waals surface area contributed by atoms with Crippen LogP contribution >= 0.6 is 0 Å². The van der Waals surface area contributed by atoms with Gasteiger partial charge in [-0.3, -0.25) is 0 Å². The second-order valence-electron chi connectivity index (χ2n) is 4.79. The van der Waals surface area contributed by atoms with Crippen LogP contribution in [0.5, 0.6) is 0 Å². The zero-order valence-corrected chi connectivity index (χ0v) is 12.8. The number of amidine groups is 1. The van der Waals surface area contributed by atoms with Crippen molar-refractivity contribution in [1.29, 1.82) is 0 Å². The molecule has 1 aliphatic rings. The highest BCUT2D eigenvalue weighted by molar-refractivity contribution is 7.79. The average molecular weight is 313 g/mol. The molecule has 0 spiro atoms. The van der Waals surface area contributed by atoms with Crippen molar-refractivity contribution < 1.29 is 26.8 Å². The number of aliphatic imine (C=N–C) groups is 1. The lowest BCUT2D eigenvalue weighted by molar-refractivity contribution is -0.580. The first-order chi connectivity index (χ1) is 9.79. The summed E-state index contributed by atoms with van der Waals surface area (Å²) < 4.78 is 37.3. The number of carbonyl (C=O) groups is 1. The molecule has 114 valence electrons. The first-order valence-electron chi connectivity index (χ1n) is 6.45. The molecule has 0 saturated carbocycles. The molecule has 0 aromatic heterocycles. The van der Waals surface area contributed by atoms with Crippen molar-refractivity contribution in [2.45, 2.75) is 26.7 Å². The minimum Gasteiger partial charge on any atom is -0.465 e. The van der Waals surface area contributed by atoms with Crippen LogP contribution in [0.3, 0.4) is 0 Å². The standard InChI is InChI=1S/C13H16N2O5S/c1-4-5-11-14-10-7-9(13(16)20-3)6-8(2)12(10)15(11)21(17,18)19/h6-7H,4-5H2,1-3H3,(H,17,18,19)/p+1. The van der Waals surface area contributed by atoms with Gasteiger partial charge in [0.2, 0.25) is 5.84 Å². The predicted octanol–water partition coefficient (Wildman–Crippen LogP) is 0.945. The molecule has 2 rings (SSSR count). The van der Waals surface area contributed by atoms with Crippen LogP contribution in [0.1, 0.15) is 35.7 Å². The molecule has 21 heavy (non-hydrogen) atoms. The second kappa shape index (κ2) is 5.55. The lowest BCUT2D eigenvalue weighted by atomic mass is 10.1. The number of hydrogen-bond acceptors (Lipinski definition) is 5. The number of nitrogens with zero attached hydrogens (tertiary/aromatic N) is 1. The summed E-state index contributed by atoms with van der Waals surface area (Å²) in [5.41, 5.74) is 1.57. The van der Waals surface area contributed by atoms with Crippen molar-refractivity contribution in [2.24, 2.45) is 4.99 Å². The van der Waals surface area contributed by atoms with Gasteiger partial charge in [-0.05, 0) is 25.5 Å². The third-order valence-corrected chi connectivity index (χ3v) is 4.18. The van der Waals surface area contributed by atoms with Crippen LogP contribution in [0.4, 0.5) is 11.4 Å². The van der Waals surface area contributed by atoms with Gasteiger partial charge in [-0.2, -0.15) is 4.99 Å². The molecule has 0 bridgehead atoms. The third kappa shape index (κ3) is 2.82. The van der Waals surface area contributed by atoms with Crippen molar-refractivity contribution in [2.75, 3.05) is 7.11 Å². The number of benzene rings is 1. The molecule has 7 nitrogen and oxygen atoms in total. The number of aryl methyl sites for hydroxylation is 1. The number of hydrogen-bond donors (Lipinski definition) is 2. The van der Waals surface area contributed by atoms with Crippen molar-refractivity contribution in [3.05, 3.63) is 23.3 Å². The number of rotatable bonds is 4. The Bertz CT molecular complexity index is 724. The van der Waals surface area contributed by atoms with Gasteiger partial charge in [0.25, 0.3) is 0 Å². The summed E-state index contributed by atoms with van der Waals surface area (Å²) in [5, 5.41) is 0. The number of quaternary nitrogens is 1. The highest BCUT2D eigenvalue weighted by Gasteiger charge is 2.40. The summed E-state index contributed by atoms with van der Waals surface area (Å²) >= 11 is 0. The summed E-state index contributed by atoms with van der Waals surface area (Å²) in [6, 6.07) is 3.00. The molecule has 1 atom stereocenters. The fourth-order valence-corrected chi connectivity index (χ4v) is 3.38. The van der Waals surface area contributed by atoms with E-state index in [2.05, 4.69) is 9.73 Å². The smallest absolute Gasteiger partial charge is 0.442 e. The predicted molar refractivity (Wildman–Crippen MR) is 76.7 cm³/mol. The summed E-state index contributed by atoms with van der Waals surface area (Å²) in [5.74, 6) is -0.200. The molecule has 1 aromatic carbocycles. The lowest BCUT2D eigenvalue weighted by Gasteiger charge is -2.13. The SMILES string of the molecule is CCCC1=Nc2cc(C(=O)OC)cc(C)c2[NH+]1S(=O)(=O)O. The fraction of sp³-hybridized carbons (Fsp3) is 0.385. The van der Waals surface area contributed by atoms with Crippen LogP contribution in [0.2, 0.25) is 0 Å². The minimum atomic E-state index is -4.38. The van der Waals surface area contributed by atoms with E-state index >= 15 is 0 Å². The van der Waals surface area contributed by atoms with Gasteiger partial charge in [-0.25, -0.2) is 9.35 Å². The minimum absolute atomic E-state index is 0.159. The molecular formula is C13H17N2O5S+. The topological polar surface area (TPSA) is 97.5 Å². The average Bonchev–Trinajstić information content (AvgIpc) is 2.76. The van der Waals surface area contributed by atoms with Crippen LogP contribution in [-0.4, -0.2) is 31.9 Å². The van der Waals surface area contributed by atoms with E-state index in [-0.39, 0.29) is 4.31 Å². The van der Waals surface area contributed by atoms with Gasteiger partial charge in [-0.1, -0.05) is 6.92 Å². The summed E-state index contributed by atoms with van der Waals surface area (Å²) in [6.07, 6.45) is 1.12. The molecule has 2 N–H and O–H groups in total. The highest BCUT2D eigenvalue weighted by Crippen LogP contribution is 2.31. The van der Waals surface area contributed by atoms with Gasteiger partial charge < -0.3 is 4.74 Å². The van der Waals surface area contributed by atoms with Crippen molar-refractivity contribution in [3.63, 3.8) is 0 Å². The molecule has 1 aliphatic heterocycles. The first kappa shape index (κ1) is 15.6. The van der Waals surface area contributed by atoms with Crippen molar-refractivity contribution in [3.8, 4) is 0 Å². The van der Waals surface area contributed by atoms with Gasteiger partial charge in [0.1, 0.15) is 5.69 Å². The van der Waals surface area contributed by atoms with Gasteiger partial charge in [0, 0.05) is 12.0 Å². The molecule has 1 unspecified atom stereocenters. The van der Waals surface area contributed by atoms with E-state index in [1.165, 1.54) is 19.2 Å². The van der Waals surface area contributed by atoms with E-state index in [0.717, 1.165) is 0 Å². The van der Waals surface area contributed by atoms with Gasteiger partial charge >= 0.3 is 16.3 Å². The summed E-state index contributed by atoms with van der Waals surface area (Å²) in [6.45, 7) is 3.56. The molecular weight excluding hydrogens is 296 g/mol. The van der Waals surface area contributed by atoms with Crippen LogP contribution in [0, 0.1) is 6.92 Å². The molecule has 1 heterocycles. The van der Waals surface area contributed by atoms with E-state index in [9.17, 15) is 17.8 Å². The van der Waals surface area contributed by atoms with E-state index in [1.54, 1.807) is 6.92 Å². The Balaban J connectivity index is 2.63. The molecule has 0 radical (unpaired) electrons. The van der Waals surface area contributed by atoms with Gasteiger partial charge in [0.15, 0.2) is 5.69 Å². The largest absolute Gasteiger partial charge is 0.465 e. The number of ether oxygens (including phenoxy) is 1. The Kier molecular flexibility index (Phi) is 4.13. The van der Waals surface area contributed by atoms with E-state index in [0.29, 0.717) is 41.2 Å². The maximum atomic E-state index is 11.7. The fourth-order valence-electron chi connectivity index (χ4n) is 2.41. The Morgan fingerprint density at radius 1 is 1.43 bits per heavy atom. The molecule has 0 saturated heterocycles. The van der Waals surface area contributed by atoms with E-state index in [1.807, 2.05) is 6.92 Å². The van der Waals surface area contributed by atoms with Gasteiger partial charge in [-0.15, -0.1) is 12.7 Å². The normalized spacial score (nSPS) is 17.3. The van der Waals surface area contributed by atoms with E-state index in [4.69, 9.17) is 0 Å². The molecule has 1 aromatic rings. The summed E-state index contributed by atoms with van der Waals surface area (Å²) in [7, 11) is -3.11. The number of nitrogens with one attached hydrogen (secondary N) is 1. The van der Waals surface area contributed by atoms with Gasteiger partial charge in [0.05, 0.1) is 12.7 Å². The Morgan fingerprint density at radius 3 is 2.62 bits per heavy atom. The maximum Gasteiger partial charge on any atom is 0.442 e. The number of carbonyl (C=O) groups excluding carboxylic acids is 1. The monoisotopic (exact) mass is 313 g/mol. The molecule has 0 amide bonds. The third-order valence-electron chi connectivity index (χ3n) is 3.23. The van der Waals surface area contributed by atoms with Crippen LogP contribution in [0.15, 0.2) is 17.1 Å². The number of esters is 1. The lowest BCUT2D eigenvalue weighted by Crippen LogP contribution is -3.11. The van der Waals surface area contributed by atoms with Crippen LogP contribution in [0.25, 0.3) is 0 Å². The number of fused-ring (bicyclic) bond motifs is 1. The zero-order chi connectivity index (χ0) is 15.8. The Hall–Kier alpha value is -1.77. The second-order valence-corrected chi connectivity index (χ2v) is 6.15. The van der Waals surface area contributed by atoms with Crippen LogP contribution < -0.4 is 4.31 Å². The van der Waals surface area contributed by atoms with E-state index < -0.39 is 16.3 Å². The Labute approximate surface area is 123 Å². The zero-order valence-electron chi connectivity index (χ0n) is 12.0. The molecule has 8 heteroatoms. The Morgan fingerprint density at radius 2 is 2.10 bits per heavy atom. The molecule has 0 aliphatic carbocycles. The summed E-state index contributed by atoms with van der Waals surface area (Å²) in [4.78, 5) is 15.9. The highest BCUT2D eigenvalue weighted by atomic mass is 32.2. The first-order valence-corrected chi connectivity index (χ1v) is 7.89. The van der Waals surface area contributed by atoms with Crippen molar-refractivity contribution in [1.82, 2.24) is 0 Å². The number of methoxy groups -OCH3 is 1. The molecule has 0 fully saturated rings. The van der Waals surface area contributed by atoms with Crippen LogP contribution in [-0.2, 0) is 15.0 Å².